The summed E-state index contributed by atoms with van der Waals surface area (Å²) in [6.45, 7) is 4.34. The molecule has 174 valence electrons. The van der Waals surface area contributed by atoms with Crippen LogP contribution in [0.1, 0.15) is 31.3 Å². The van der Waals surface area contributed by atoms with Gasteiger partial charge in [-0.25, -0.2) is 4.39 Å². The first-order valence-electron chi connectivity index (χ1n) is 10.4. The number of rotatable bonds is 10. The number of hydrogen-bond donors (Lipinski definition) is 2. The molecule has 1 heterocycles. The lowest BCUT2D eigenvalue weighted by atomic mass is 10.1. The zero-order valence-corrected chi connectivity index (χ0v) is 19.5. The zero-order valence-electron chi connectivity index (χ0n) is 18.7. The van der Waals surface area contributed by atoms with Crippen LogP contribution < -0.4 is 15.4 Å². The van der Waals surface area contributed by atoms with Gasteiger partial charge in [0, 0.05) is 6.54 Å². The van der Waals surface area contributed by atoms with Crippen molar-refractivity contribution in [3.8, 4) is 5.75 Å². The van der Waals surface area contributed by atoms with Gasteiger partial charge in [-0.2, -0.15) is 0 Å². The third-order valence-electron chi connectivity index (χ3n) is 4.83. The first kappa shape index (κ1) is 24.2. The first-order valence-corrected chi connectivity index (χ1v) is 11.4. The number of amides is 2. The second-order valence-electron chi connectivity index (χ2n) is 7.22. The van der Waals surface area contributed by atoms with Crippen LogP contribution >= 0.6 is 11.8 Å². The molecule has 1 aromatic heterocycles. The fourth-order valence-corrected chi connectivity index (χ4v) is 4.00. The van der Waals surface area contributed by atoms with Crippen LogP contribution in [0.15, 0.2) is 53.7 Å². The van der Waals surface area contributed by atoms with Gasteiger partial charge < -0.3 is 19.9 Å². The predicted octanol–water partition coefficient (Wildman–Crippen LogP) is 3.60. The molecule has 2 N–H and O–H groups in total. The van der Waals surface area contributed by atoms with Crippen LogP contribution in [0.25, 0.3) is 0 Å². The van der Waals surface area contributed by atoms with Gasteiger partial charge in [0.15, 0.2) is 11.0 Å². The summed E-state index contributed by atoms with van der Waals surface area (Å²) in [7, 11) is 1.59. The lowest BCUT2D eigenvalue weighted by molar-refractivity contribution is -0.121. The molecule has 0 radical (unpaired) electrons. The summed E-state index contributed by atoms with van der Waals surface area (Å²) >= 11 is 1.20. The van der Waals surface area contributed by atoms with Gasteiger partial charge in [-0.3, -0.25) is 9.59 Å². The van der Waals surface area contributed by atoms with E-state index >= 15 is 0 Å². The second-order valence-corrected chi connectivity index (χ2v) is 8.16. The fraction of sp³-hybridized carbons (Fsp3) is 0.304. The van der Waals surface area contributed by atoms with Crippen LogP contribution in [-0.4, -0.2) is 39.4 Å². The molecule has 0 saturated heterocycles. The highest BCUT2D eigenvalue weighted by molar-refractivity contribution is 7.99. The number of anilines is 1. The predicted molar refractivity (Wildman–Crippen MR) is 125 cm³/mol. The average Bonchev–Trinajstić information content (AvgIpc) is 3.23. The molecule has 0 saturated carbocycles. The lowest BCUT2D eigenvalue weighted by Gasteiger charge is -2.15. The van der Waals surface area contributed by atoms with Gasteiger partial charge in [0.1, 0.15) is 11.6 Å². The van der Waals surface area contributed by atoms with E-state index in [0.29, 0.717) is 17.5 Å². The molecule has 1 atom stereocenters. The van der Waals surface area contributed by atoms with E-state index in [0.717, 1.165) is 11.3 Å². The van der Waals surface area contributed by atoms with Crippen molar-refractivity contribution in [3.63, 3.8) is 0 Å². The maximum absolute atomic E-state index is 13.7. The maximum atomic E-state index is 13.7. The van der Waals surface area contributed by atoms with Gasteiger partial charge in [0.25, 0.3) is 0 Å². The molecule has 33 heavy (non-hydrogen) atoms. The maximum Gasteiger partial charge on any atom is 0.234 e. The molecule has 0 unspecified atom stereocenters. The van der Waals surface area contributed by atoms with Crippen molar-refractivity contribution in [1.29, 1.82) is 0 Å². The van der Waals surface area contributed by atoms with Crippen molar-refractivity contribution < 1.29 is 18.7 Å². The Morgan fingerprint density at radius 2 is 1.85 bits per heavy atom. The smallest absolute Gasteiger partial charge is 0.234 e. The molecule has 2 aromatic carbocycles. The van der Waals surface area contributed by atoms with Crippen molar-refractivity contribution in [2.75, 3.05) is 18.2 Å². The van der Waals surface area contributed by atoms with E-state index in [-0.39, 0.29) is 35.7 Å². The van der Waals surface area contributed by atoms with Crippen LogP contribution in [0.3, 0.4) is 0 Å². The Bertz CT molecular complexity index is 1100. The quantitative estimate of drug-likeness (QED) is 0.439. The molecule has 0 bridgehead atoms. The molecule has 0 fully saturated rings. The molecule has 0 aliphatic rings. The number of benzene rings is 2. The van der Waals surface area contributed by atoms with Gasteiger partial charge in [-0.15, -0.1) is 10.2 Å². The Morgan fingerprint density at radius 3 is 2.52 bits per heavy atom. The summed E-state index contributed by atoms with van der Waals surface area (Å²) in [5.74, 6) is 0.391. The van der Waals surface area contributed by atoms with Crippen LogP contribution in [-0.2, 0) is 22.6 Å². The van der Waals surface area contributed by atoms with Gasteiger partial charge >= 0.3 is 0 Å². The van der Waals surface area contributed by atoms with Gasteiger partial charge in [-0.1, -0.05) is 36.0 Å². The fourth-order valence-electron chi connectivity index (χ4n) is 3.19. The minimum atomic E-state index is -0.492. The Labute approximate surface area is 195 Å². The highest BCUT2D eigenvalue weighted by Gasteiger charge is 2.20. The number of ether oxygens (including phenoxy) is 1. The Morgan fingerprint density at radius 1 is 1.12 bits per heavy atom. The van der Waals surface area contributed by atoms with Crippen LogP contribution in [0.5, 0.6) is 5.75 Å². The Kier molecular flexibility index (Phi) is 8.42. The highest BCUT2D eigenvalue weighted by Crippen LogP contribution is 2.21. The molecule has 2 amide bonds. The number of thioether (sulfide) groups is 1. The van der Waals surface area contributed by atoms with Crippen molar-refractivity contribution in [2.24, 2.45) is 0 Å². The molecule has 0 aliphatic carbocycles. The van der Waals surface area contributed by atoms with E-state index in [1.807, 2.05) is 42.7 Å². The monoisotopic (exact) mass is 471 g/mol. The van der Waals surface area contributed by atoms with E-state index in [4.69, 9.17) is 4.74 Å². The normalized spacial score (nSPS) is 11.6. The number of aromatic nitrogens is 3. The molecule has 0 spiro atoms. The minimum absolute atomic E-state index is 0.0463. The number of nitrogens with zero attached hydrogens (tertiary/aromatic N) is 3. The van der Waals surface area contributed by atoms with Crippen LogP contribution in [0, 0.1) is 5.82 Å². The topological polar surface area (TPSA) is 98.1 Å². The number of halogens is 1. The van der Waals surface area contributed by atoms with Crippen molar-refractivity contribution >= 4 is 29.3 Å². The second kappa shape index (κ2) is 11.5. The molecule has 10 heteroatoms. The number of carbonyl (C=O) groups is 2. The summed E-state index contributed by atoms with van der Waals surface area (Å²) in [5.41, 5.74) is 1.00. The van der Waals surface area contributed by atoms with Gasteiger partial charge in [-0.05, 0) is 43.7 Å². The summed E-state index contributed by atoms with van der Waals surface area (Å²) in [4.78, 5) is 24.7. The molecular formula is C23H26FN5O3S. The molecule has 0 aliphatic heterocycles. The largest absolute Gasteiger partial charge is 0.497 e. The third kappa shape index (κ3) is 6.55. The minimum Gasteiger partial charge on any atom is -0.497 e. The van der Waals surface area contributed by atoms with E-state index in [1.54, 1.807) is 19.2 Å². The van der Waals surface area contributed by atoms with Crippen molar-refractivity contribution in [2.45, 2.75) is 38.0 Å². The van der Waals surface area contributed by atoms with Crippen LogP contribution in [0.4, 0.5) is 10.1 Å². The third-order valence-corrected chi connectivity index (χ3v) is 5.80. The van der Waals surface area contributed by atoms with Gasteiger partial charge in [0.2, 0.25) is 11.8 Å². The molecule has 8 nitrogen and oxygen atoms in total. The molecular weight excluding hydrogens is 445 g/mol. The van der Waals surface area contributed by atoms with Gasteiger partial charge in [0.05, 0.1) is 31.0 Å². The lowest BCUT2D eigenvalue weighted by Crippen LogP contribution is -2.30. The van der Waals surface area contributed by atoms with Crippen LogP contribution in [0.2, 0.25) is 0 Å². The standard InChI is InChI=1S/C23H26FN5O3S/c1-4-29-22(15(2)25-20(30)13-16-9-11-17(32-3)12-10-16)27-28-23(29)33-14-21(31)26-19-8-6-5-7-18(19)24/h5-12,15H,4,13-14H2,1-3H3,(H,25,30)(H,26,31)/t15-/m1/s1. The Balaban J connectivity index is 1.57. The summed E-state index contributed by atoms with van der Waals surface area (Å²) in [5, 5.41) is 14.4. The van der Waals surface area contributed by atoms with E-state index in [9.17, 15) is 14.0 Å². The number of hydrogen-bond acceptors (Lipinski definition) is 6. The Hall–Kier alpha value is -3.40. The SMILES string of the molecule is CCn1c(SCC(=O)Nc2ccccc2F)nnc1[C@@H](C)NC(=O)Cc1ccc(OC)cc1. The highest BCUT2D eigenvalue weighted by atomic mass is 32.2. The summed E-state index contributed by atoms with van der Waals surface area (Å²) < 4.78 is 20.7. The average molecular weight is 472 g/mol. The molecule has 3 aromatic rings. The molecule has 3 rings (SSSR count). The van der Waals surface area contributed by atoms with E-state index in [2.05, 4.69) is 20.8 Å². The number of carbonyl (C=O) groups excluding carboxylic acids is 2. The first-order chi connectivity index (χ1) is 15.9. The number of nitrogens with one attached hydrogen (secondary N) is 2. The number of methoxy groups -OCH3 is 1. The van der Waals surface area contributed by atoms with Crippen molar-refractivity contribution in [3.05, 3.63) is 65.7 Å². The summed E-state index contributed by atoms with van der Waals surface area (Å²) in [6, 6.07) is 12.9. The summed E-state index contributed by atoms with van der Waals surface area (Å²) in [6.07, 6.45) is 0.229. The van der Waals surface area contributed by atoms with Crippen molar-refractivity contribution in [1.82, 2.24) is 20.1 Å². The zero-order chi connectivity index (χ0) is 23.8. The van der Waals surface area contributed by atoms with E-state index in [1.165, 1.54) is 23.9 Å². The number of para-hydroxylation sites is 1. The van der Waals surface area contributed by atoms with E-state index < -0.39 is 5.82 Å².